The number of anilines is 1. The number of aromatic hydroxyl groups is 1. The molecule has 0 saturated carbocycles. The lowest BCUT2D eigenvalue weighted by molar-refractivity contribution is 0.462. The summed E-state index contributed by atoms with van der Waals surface area (Å²) in [4.78, 5) is 0. The van der Waals surface area contributed by atoms with E-state index in [1.807, 2.05) is 12.1 Å². The van der Waals surface area contributed by atoms with Crippen LogP contribution in [0.1, 0.15) is 36.1 Å². The second-order valence-corrected chi connectivity index (χ2v) is 6.04. The molecule has 0 aromatic heterocycles. The molecule has 2 nitrogen and oxygen atoms in total. The lowest BCUT2D eigenvalue weighted by Gasteiger charge is -2.21. The van der Waals surface area contributed by atoms with Crippen LogP contribution < -0.4 is 5.32 Å². The Hall–Kier alpha value is -1.48. The van der Waals surface area contributed by atoms with Gasteiger partial charge in [-0.15, -0.1) is 0 Å². The van der Waals surface area contributed by atoms with Crippen LogP contribution in [-0.2, 0) is 0 Å². The summed E-state index contributed by atoms with van der Waals surface area (Å²) in [5.41, 5.74) is 4.51. The van der Waals surface area contributed by atoms with Gasteiger partial charge in [0.15, 0.2) is 0 Å². The van der Waals surface area contributed by atoms with Crippen molar-refractivity contribution in [3.05, 3.63) is 57.6 Å². The van der Waals surface area contributed by atoms with Crippen molar-refractivity contribution in [2.75, 3.05) is 5.32 Å². The van der Waals surface area contributed by atoms with Gasteiger partial charge in [0.05, 0.1) is 6.04 Å². The molecule has 0 aliphatic rings. The summed E-state index contributed by atoms with van der Waals surface area (Å²) in [7, 11) is 0. The maximum Gasteiger partial charge on any atom is 0.120 e. The first-order valence-electron chi connectivity index (χ1n) is 6.83. The van der Waals surface area contributed by atoms with Gasteiger partial charge in [-0.3, -0.25) is 0 Å². The average molecular weight is 334 g/mol. The fourth-order valence-electron chi connectivity index (χ4n) is 2.37. The number of rotatable bonds is 4. The summed E-state index contributed by atoms with van der Waals surface area (Å²) in [6, 6.07) is 12.0. The van der Waals surface area contributed by atoms with Gasteiger partial charge in [0, 0.05) is 15.7 Å². The number of hydrogen-bond acceptors (Lipinski definition) is 2. The Morgan fingerprint density at radius 2 is 1.90 bits per heavy atom. The molecule has 3 heteroatoms. The fraction of sp³-hybridized carbons (Fsp3) is 0.294. The highest BCUT2D eigenvalue weighted by Gasteiger charge is 2.14. The van der Waals surface area contributed by atoms with Crippen LogP contribution in [0.2, 0.25) is 0 Å². The van der Waals surface area contributed by atoms with Crippen molar-refractivity contribution in [1.82, 2.24) is 0 Å². The highest BCUT2D eigenvalue weighted by Crippen LogP contribution is 2.32. The third-order valence-electron chi connectivity index (χ3n) is 3.48. The molecular weight excluding hydrogens is 314 g/mol. The molecule has 0 bridgehead atoms. The molecule has 0 amide bonds. The number of aryl methyl sites for hydroxylation is 2. The summed E-state index contributed by atoms with van der Waals surface area (Å²) in [5.74, 6) is 0.331. The first kappa shape index (κ1) is 14.9. The number of phenols is 1. The Bertz CT molecular complexity index is 610. The smallest absolute Gasteiger partial charge is 0.120 e. The number of halogens is 1. The lowest BCUT2D eigenvalue weighted by atomic mass is 10.0. The van der Waals surface area contributed by atoms with Crippen molar-refractivity contribution < 1.29 is 5.11 Å². The molecule has 1 atom stereocenters. The van der Waals surface area contributed by atoms with E-state index in [2.05, 4.69) is 60.2 Å². The molecule has 0 saturated heterocycles. The van der Waals surface area contributed by atoms with E-state index in [0.717, 1.165) is 22.1 Å². The molecule has 106 valence electrons. The van der Waals surface area contributed by atoms with Crippen LogP contribution in [0.25, 0.3) is 0 Å². The second-order valence-electron chi connectivity index (χ2n) is 5.13. The maximum absolute atomic E-state index is 10.1. The van der Waals surface area contributed by atoms with E-state index in [1.165, 1.54) is 11.1 Å². The number of hydrogen-bond donors (Lipinski definition) is 2. The molecule has 2 N–H and O–H groups in total. The summed E-state index contributed by atoms with van der Waals surface area (Å²) in [5, 5.41) is 13.6. The number of nitrogens with one attached hydrogen (secondary N) is 1. The van der Waals surface area contributed by atoms with Crippen LogP contribution in [0.3, 0.4) is 0 Å². The van der Waals surface area contributed by atoms with Gasteiger partial charge >= 0.3 is 0 Å². The molecule has 0 aliphatic carbocycles. The summed E-state index contributed by atoms with van der Waals surface area (Å²) < 4.78 is 0.978. The van der Waals surface area contributed by atoms with Crippen molar-refractivity contribution in [2.24, 2.45) is 0 Å². The molecular formula is C17H20BrNO. The van der Waals surface area contributed by atoms with Gasteiger partial charge in [-0.2, -0.15) is 0 Å². The number of benzene rings is 2. The van der Waals surface area contributed by atoms with Gasteiger partial charge in [-0.1, -0.05) is 40.5 Å². The van der Waals surface area contributed by atoms with Crippen LogP contribution >= 0.6 is 15.9 Å². The van der Waals surface area contributed by atoms with E-state index in [9.17, 15) is 5.11 Å². The summed E-state index contributed by atoms with van der Waals surface area (Å²) >= 11 is 3.46. The van der Waals surface area contributed by atoms with Crippen LogP contribution in [0.4, 0.5) is 5.69 Å². The quantitative estimate of drug-likeness (QED) is 0.791. The molecule has 2 rings (SSSR count). The molecule has 0 heterocycles. The van der Waals surface area contributed by atoms with Crippen molar-refractivity contribution in [1.29, 1.82) is 0 Å². The molecule has 20 heavy (non-hydrogen) atoms. The van der Waals surface area contributed by atoms with E-state index in [4.69, 9.17) is 0 Å². The average Bonchev–Trinajstić information content (AvgIpc) is 2.41. The largest absolute Gasteiger partial charge is 0.508 e. The van der Waals surface area contributed by atoms with Crippen LogP contribution in [0.15, 0.2) is 40.9 Å². The van der Waals surface area contributed by atoms with Gasteiger partial charge in [-0.25, -0.2) is 0 Å². The van der Waals surface area contributed by atoms with Crippen molar-refractivity contribution in [3.8, 4) is 5.75 Å². The first-order chi connectivity index (χ1) is 9.51. The van der Waals surface area contributed by atoms with Gasteiger partial charge in [0.1, 0.15) is 5.75 Å². The molecule has 0 fully saturated rings. The van der Waals surface area contributed by atoms with E-state index in [1.54, 1.807) is 6.07 Å². The highest BCUT2D eigenvalue weighted by atomic mass is 79.9. The Morgan fingerprint density at radius 3 is 2.55 bits per heavy atom. The van der Waals surface area contributed by atoms with E-state index < -0.39 is 0 Å². The molecule has 1 unspecified atom stereocenters. The highest BCUT2D eigenvalue weighted by molar-refractivity contribution is 9.10. The molecule has 0 radical (unpaired) electrons. The monoisotopic (exact) mass is 333 g/mol. The lowest BCUT2D eigenvalue weighted by Crippen LogP contribution is -2.11. The van der Waals surface area contributed by atoms with E-state index in [0.29, 0.717) is 5.75 Å². The fourth-order valence-corrected chi connectivity index (χ4v) is 2.75. The van der Waals surface area contributed by atoms with Crippen molar-refractivity contribution in [2.45, 2.75) is 33.2 Å². The summed E-state index contributed by atoms with van der Waals surface area (Å²) in [6.07, 6.45) is 0.900. The van der Waals surface area contributed by atoms with E-state index in [-0.39, 0.29) is 6.04 Å². The van der Waals surface area contributed by atoms with Crippen LogP contribution in [0.5, 0.6) is 5.75 Å². The van der Waals surface area contributed by atoms with Gasteiger partial charge < -0.3 is 10.4 Å². The number of phenolic OH excluding ortho intramolecular Hbond substituents is 1. The molecule has 2 aromatic carbocycles. The zero-order valence-electron chi connectivity index (χ0n) is 12.1. The minimum atomic E-state index is 0.0916. The van der Waals surface area contributed by atoms with Crippen LogP contribution in [-0.4, -0.2) is 5.11 Å². The first-order valence-corrected chi connectivity index (χ1v) is 7.62. The standard InChI is InChI=1S/C17H20BrNO/c1-4-15(14-10-13(18)6-8-17(14)20)19-16-7-5-11(2)9-12(16)3/h5-10,15,19-20H,4H2,1-3H3. The van der Waals surface area contributed by atoms with Crippen molar-refractivity contribution in [3.63, 3.8) is 0 Å². The zero-order chi connectivity index (χ0) is 14.7. The normalized spacial score (nSPS) is 12.2. The minimum Gasteiger partial charge on any atom is -0.508 e. The van der Waals surface area contributed by atoms with Crippen molar-refractivity contribution >= 4 is 21.6 Å². The molecule has 0 aliphatic heterocycles. The van der Waals surface area contributed by atoms with E-state index >= 15 is 0 Å². The minimum absolute atomic E-state index is 0.0916. The second kappa shape index (κ2) is 6.31. The third kappa shape index (κ3) is 3.34. The Morgan fingerprint density at radius 1 is 1.15 bits per heavy atom. The molecule has 2 aromatic rings. The molecule has 0 spiro atoms. The SMILES string of the molecule is CCC(Nc1ccc(C)cc1C)c1cc(Br)ccc1O. The predicted molar refractivity (Wildman–Crippen MR) is 88.4 cm³/mol. The Balaban J connectivity index is 2.31. The van der Waals surface area contributed by atoms with Gasteiger partial charge in [-0.05, 0) is 50.1 Å². The predicted octanol–water partition coefficient (Wildman–Crippen LogP) is 5.33. The third-order valence-corrected chi connectivity index (χ3v) is 3.98. The summed E-state index contributed by atoms with van der Waals surface area (Å²) in [6.45, 7) is 6.30. The topological polar surface area (TPSA) is 32.3 Å². The maximum atomic E-state index is 10.1. The van der Waals surface area contributed by atoms with Gasteiger partial charge in [0.25, 0.3) is 0 Å². The zero-order valence-corrected chi connectivity index (χ0v) is 13.7. The Kier molecular flexibility index (Phi) is 4.71. The van der Waals surface area contributed by atoms with Gasteiger partial charge in [0.2, 0.25) is 0 Å². The van der Waals surface area contributed by atoms with Crippen LogP contribution in [0, 0.1) is 13.8 Å². The Labute approximate surface area is 129 Å².